The van der Waals surface area contributed by atoms with Gasteiger partial charge < -0.3 is 24.8 Å². The van der Waals surface area contributed by atoms with E-state index < -0.39 is 24.0 Å². The minimum Gasteiger partial charge on any atom is -1.00 e. The van der Waals surface area contributed by atoms with E-state index in [1.54, 1.807) is 15.0 Å². The maximum Gasteiger partial charge on any atom is -1.00 e. The van der Waals surface area contributed by atoms with Crippen LogP contribution in [-0.4, -0.2) is 12.7 Å². The van der Waals surface area contributed by atoms with Gasteiger partial charge in [0.15, 0.2) is 0 Å². The van der Waals surface area contributed by atoms with Gasteiger partial charge in [-0.3, -0.25) is 0 Å². The standard InChI is InChI=1S/C14H11.C6H12N.C2H7Si.2ClH.Ti/c1-9-6-13-7-11-4-3-5-12(11)8-14(13)10(9)2;7-6-4-2-1-3-5-6;1-3-2;;;/h3-5,7-8H,1-2H3;6-7H,1-5H2;3H,1-2H3;2*1H;/q;-1;;;;+3/p-2. The predicted molar refractivity (Wildman–Crippen MR) is 110 cm³/mol. The molecule has 1 N–H and O–H groups in total. The molecule has 1 saturated carbocycles. The van der Waals surface area contributed by atoms with Crippen LogP contribution in [0.1, 0.15) is 57.1 Å². The summed E-state index contributed by atoms with van der Waals surface area (Å²) in [5.74, 6) is 0. The van der Waals surface area contributed by atoms with Gasteiger partial charge in [-0.2, -0.15) is 0 Å². The van der Waals surface area contributed by atoms with Gasteiger partial charge in [-0.05, 0) is 0 Å². The largest absolute Gasteiger partial charge is 1.00 e. The van der Waals surface area contributed by atoms with E-state index in [1.807, 2.05) is 0 Å². The Morgan fingerprint density at radius 3 is 2.37 bits per heavy atom. The van der Waals surface area contributed by atoms with E-state index in [9.17, 15) is 0 Å². The van der Waals surface area contributed by atoms with Crippen molar-refractivity contribution in [2.45, 2.75) is 65.1 Å². The summed E-state index contributed by atoms with van der Waals surface area (Å²) in [6, 6.07) is 5.73. The maximum absolute atomic E-state index is 4.29. The van der Waals surface area contributed by atoms with Gasteiger partial charge in [0.1, 0.15) is 0 Å². The molecule has 5 heteroatoms. The van der Waals surface area contributed by atoms with Crippen LogP contribution in [0, 0.1) is 0 Å². The molecule has 0 aromatic heterocycles. The Bertz CT molecular complexity index is 882. The molecule has 3 aliphatic rings. The summed E-state index contributed by atoms with van der Waals surface area (Å²) in [5, 5.41) is 2.93. The summed E-state index contributed by atoms with van der Waals surface area (Å²) in [4.78, 5) is 0. The van der Waals surface area contributed by atoms with Gasteiger partial charge in [0.2, 0.25) is 0 Å². The number of rotatable bonds is 4. The maximum atomic E-state index is 4.29. The Morgan fingerprint density at radius 1 is 1.00 bits per heavy atom. The molecule has 0 heterocycles. The monoisotopic (exact) mass is 454 g/mol. The fourth-order valence-corrected chi connectivity index (χ4v) is 15.4. The van der Waals surface area contributed by atoms with Crippen molar-refractivity contribution >= 4 is 28.3 Å². The molecule has 0 radical (unpaired) electrons. The molecule has 1 fully saturated rings. The van der Waals surface area contributed by atoms with Crippen molar-refractivity contribution in [2.24, 2.45) is 0 Å². The summed E-state index contributed by atoms with van der Waals surface area (Å²) in [6.07, 6.45) is 13.8. The van der Waals surface area contributed by atoms with E-state index in [1.165, 1.54) is 53.7 Å². The van der Waals surface area contributed by atoms with Gasteiger partial charge in [0.25, 0.3) is 0 Å². The number of benzene rings is 1. The van der Waals surface area contributed by atoms with Crippen LogP contribution in [0.5, 0.6) is 0 Å². The van der Waals surface area contributed by atoms with Crippen molar-refractivity contribution in [3.8, 4) is 0 Å². The van der Waals surface area contributed by atoms with Crippen LogP contribution in [0.4, 0.5) is 0 Å². The van der Waals surface area contributed by atoms with E-state index in [0.717, 1.165) is 6.04 Å². The second-order valence-corrected chi connectivity index (χ2v) is 20.8. The van der Waals surface area contributed by atoms with Gasteiger partial charge in [-0.25, -0.2) is 0 Å². The predicted octanol–water partition coefficient (Wildman–Crippen LogP) is -2.14. The molecule has 0 unspecified atom stereocenters. The first kappa shape index (κ1) is 23.2. The van der Waals surface area contributed by atoms with Crippen LogP contribution in [0.3, 0.4) is 0 Å². The average molecular weight is 455 g/mol. The van der Waals surface area contributed by atoms with E-state index >= 15 is 0 Å². The molecule has 27 heavy (non-hydrogen) atoms. The molecule has 0 saturated heterocycles. The number of nitrogens with one attached hydrogen (secondary N) is 1. The molecule has 0 atom stereocenters. The molecule has 0 spiro atoms. The van der Waals surface area contributed by atoms with Crippen molar-refractivity contribution in [1.82, 2.24) is 3.80 Å². The van der Waals surface area contributed by atoms with Crippen LogP contribution in [-0.2, 0) is 17.4 Å². The van der Waals surface area contributed by atoms with Crippen LogP contribution in [0.25, 0.3) is 21.6 Å². The van der Waals surface area contributed by atoms with Crippen LogP contribution >= 0.6 is 0 Å². The van der Waals surface area contributed by atoms with E-state index in [-0.39, 0.29) is 24.8 Å². The molecule has 3 aliphatic carbocycles. The van der Waals surface area contributed by atoms with Gasteiger partial charge in [-0.1, -0.05) is 0 Å². The third-order valence-corrected chi connectivity index (χ3v) is 17.6. The van der Waals surface area contributed by atoms with Gasteiger partial charge >= 0.3 is 160 Å². The average Bonchev–Trinajstić information content (AvgIpc) is 3.16. The first-order chi connectivity index (χ1) is 12.1. The zero-order valence-electron chi connectivity index (χ0n) is 16.8. The van der Waals surface area contributed by atoms with Crippen molar-refractivity contribution in [3.63, 3.8) is 0 Å². The SMILES string of the molecule is CC1=[C]([Ti+2]([NH]C2CCCCC2)[SiH](C)C)c2cc3c(cc2=C1C)C=CC=3.[Cl-].[Cl-]. The van der Waals surface area contributed by atoms with Crippen molar-refractivity contribution in [3.05, 3.63) is 45.3 Å². The second-order valence-electron chi connectivity index (χ2n) is 8.23. The molecule has 0 bridgehead atoms. The Labute approximate surface area is 183 Å². The van der Waals surface area contributed by atoms with E-state index in [4.69, 9.17) is 0 Å². The van der Waals surface area contributed by atoms with Crippen LogP contribution in [0.2, 0.25) is 13.1 Å². The third kappa shape index (κ3) is 4.42. The molecular weight excluding hydrogens is 425 g/mol. The number of allylic oxidation sites excluding steroid dienone is 2. The summed E-state index contributed by atoms with van der Waals surface area (Å²) >= 11 is -1.41. The molecule has 1 nitrogen and oxygen atoms in total. The minimum atomic E-state index is -1.41. The Morgan fingerprint density at radius 2 is 1.70 bits per heavy atom. The summed E-state index contributed by atoms with van der Waals surface area (Å²) in [6.45, 7) is 9.20. The molecule has 4 rings (SSSR count). The Kier molecular flexibility index (Phi) is 8.25. The Balaban J connectivity index is 0.00000131. The molecule has 1 aromatic rings. The normalized spacial score (nSPS) is 18.0. The first-order valence-electron chi connectivity index (χ1n) is 9.95. The molecular formula is C22H30Cl2NSiTi. The molecule has 145 valence electrons. The van der Waals surface area contributed by atoms with Gasteiger partial charge in [0, 0.05) is 0 Å². The summed E-state index contributed by atoms with van der Waals surface area (Å²) in [7, 11) is 0. The number of hydrogen-bond acceptors (Lipinski definition) is 1. The molecule has 1 aromatic carbocycles. The van der Waals surface area contributed by atoms with E-state index in [0.29, 0.717) is 0 Å². The topological polar surface area (TPSA) is 12.0 Å². The third-order valence-electron chi connectivity index (χ3n) is 6.20. The van der Waals surface area contributed by atoms with Crippen LogP contribution in [0.15, 0.2) is 23.8 Å². The number of fused-ring (bicyclic) bond motifs is 2. The van der Waals surface area contributed by atoms with Gasteiger partial charge in [0.05, 0.1) is 0 Å². The molecule has 0 aliphatic heterocycles. The fourth-order valence-electron chi connectivity index (χ4n) is 4.63. The summed E-state index contributed by atoms with van der Waals surface area (Å²) in [5.41, 5.74) is 6.10. The fraction of sp³-hybridized carbons (Fsp3) is 0.455. The van der Waals surface area contributed by atoms with Crippen molar-refractivity contribution < 1.29 is 42.2 Å². The zero-order valence-corrected chi connectivity index (χ0v) is 21.1. The first-order valence-corrected chi connectivity index (χ1v) is 17.1. The second kappa shape index (κ2) is 9.61. The van der Waals surface area contributed by atoms with Crippen molar-refractivity contribution in [1.29, 1.82) is 0 Å². The summed E-state index contributed by atoms with van der Waals surface area (Å²) < 4.78 is 6.07. The molecule has 0 amide bonds. The smallest absolute Gasteiger partial charge is 1.00 e. The Hall–Kier alpha value is -0.0888. The quantitative estimate of drug-likeness (QED) is 0.512. The zero-order chi connectivity index (χ0) is 17.6. The number of halogens is 2. The van der Waals surface area contributed by atoms with Gasteiger partial charge in [-0.15, -0.1) is 0 Å². The number of hydrogen-bond donors (Lipinski definition) is 1. The minimum absolute atomic E-state index is 0. The van der Waals surface area contributed by atoms with Crippen LogP contribution < -0.4 is 39.1 Å². The van der Waals surface area contributed by atoms with Crippen molar-refractivity contribution in [2.75, 3.05) is 0 Å². The van der Waals surface area contributed by atoms with E-state index in [2.05, 4.69) is 61.1 Å².